The van der Waals surface area contributed by atoms with Gasteiger partial charge in [-0.25, -0.2) is 0 Å². The molecule has 0 aromatic rings. The molecule has 0 aromatic carbocycles. The number of piperidine rings is 1. The topological polar surface area (TPSA) is 15.3 Å². The largest absolute Gasteiger partial charge is 0.311 e. The van der Waals surface area contributed by atoms with Crippen LogP contribution in [0.1, 0.15) is 71.6 Å². The van der Waals surface area contributed by atoms with Gasteiger partial charge in [-0.2, -0.15) is 0 Å². The van der Waals surface area contributed by atoms with Crippen molar-refractivity contribution in [3.05, 3.63) is 0 Å². The third kappa shape index (κ3) is 4.21. The van der Waals surface area contributed by atoms with Crippen LogP contribution >= 0.6 is 0 Å². The molecule has 2 heteroatoms. The Balaban J connectivity index is 1.39. The maximum Gasteiger partial charge on any atom is 0.00964 e. The fraction of sp³-hybridized carbons (Fsp3) is 1.00. The molecular weight excluding hydrogens is 244 g/mol. The van der Waals surface area contributed by atoms with Crippen molar-refractivity contribution < 1.29 is 0 Å². The second-order valence-corrected chi connectivity index (χ2v) is 8.07. The van der Waals surface area contributed by atoms with Crippen molar-refractivity contribution in [1.82, 2.24) is 10.2 Å². The lowest BCUT2D eigenvalue weighted by Crippen LogP contribution is -2.47. The van der Waals surface area contributed by atoms with Gasteiger partial charge in [-0.15, -0.1) is 0 Å². The van der Waals surface area contributed by atoms with Crippen molar-refractivity contribution >= 4 is 0 Å². The Hall–Kier alpha value is -0.0800. The van der Waals surface area contributed by atoms with Crippen molar-refractivity contribution in [3.8, 4) is 0 Å². The van der Waals surface area contributed by atoms with Gasteiger partial charge in [-0.05, 0) is 69.9 Å². The van der Waals surface area contributed by atoms with E-state index in [0.717, 1.165) is 30.0 Å². The molecule has 2 aliphatic carbocycles. The summed E-state index contributed by atoms with van der Waals surface area (Å²) in [6.07, 6.45) is 13.0. The molecule has 1 saturated heterocycles. The van der Waals surface area contributed by atoms with Crippen molar-refractivity contribution in [2.24, 2.45) is 11.8 Å². The Morgan fingerprint density at radius 1 is 0.950 bits per heavy atom. The van der Waals surface area contributed by atoms with Crippen LogP contribution in [-0.4, -0.2) is 36.1 Å². The summed E-state index contributed by atoms with van der Waals surface area (Å²) in [6.45, 7) is 7.46. The van der Waals surface area contributed by atoms with Crippen LogP contribution in [0, 0.1) is 11.8 Å². The van der Waals surface area contributed by atoms with Gasteiger partial charge < -0.3 is 10.2 Å². The summed E-state index contributed by atoms with van der Waals surface area (Å²) in [5, 5.41) is 4.01. The highest BCUT2D eigenvalue weighted by Crippen LogP contribution is 2.32. The molecular formula is C18H34N2. The average Bonchev–Trinajstić information content (AvgIpc) is 3.23. The Morgan fingerprint density at radius 2 is 1.70 bits per heavy atom. The maximum absolute atomic E-state index is 4.01. The van der Waals surface area contributed by atoms with E-state index in [1.165, 1.54) is 70.9 Å². The van der Waals surface area contributed by atoms with E-state index in [2.05, 4.69) is 24.1 Å². The molecule has 20 heavy (non-hydrogen) atoms. The van der Waals surface area contributed by atoms with Gasteiger partial charge in [0.25, 0.3) is 0 Å². The quantitative estimate of drug-likeness (QED) is 0.822. The molecule has 1 aliphatic heterocycles. The molecule has 1 heterocycles. The number of hydrogen-bond acceptors (Lipinski definition) is 2. The van der Waals surface area contributed by atoms with Crippen molar-refractivity contribution in [2.45, 2.75) is 89.8 Å². The molecule has 0 radical (unpaired) electrons. The van der Waals surface area contributed by atoms with Gasteiger partial charge in [0.2, 0.25) is 0 Å². The van der Waals surface area contributed by atoms with E-state index in [1.54, 1.807) is 0 Å². The van der Waals surface area contributed by atoms with Crippen molar-refractivity contribution in [2.75, 3.05) is 13.1 Å². The van der Waals surface area contributed by atoms with Crippen LogP contribution in [0.4, 0.5) is 0 Å². The number of nitrogens with zero attached hydrogens (tertiary/aromatic N) is 1. The van der Waals surface area contributed by atoms with Crippen molar-refractivity contribution in [3.63, 3.8) is 0 Å². The zero-order valence-electron chi connectivity index (χ0n) is 13.6. The summed E-state index contributed by atoms with van der Waals surface area (Å²) < 4.78 is 0. The van der Waals surface area contributed by atoms with Crippen LogP contribution in [0.2, 0.25) is 0 Å². The molecule has 116 valence electrons. The number of nitrogens with one attached hydrogen (secondary N) is 1. The van der Waals surface area contributed by atoms with Gasteiger partial charge in [0.05, 0.1) is 0 Å². The van der Waals surface area contributed by atoms with Gasteiger partial charge in [0, 0.05) is 18.1 Å². The molecule has 3 fully saturated rings. The minimum atomic E-state index is 0.813. The van der Waals surface area contributed by atoms with Gasteiger partial charge in [0.1, 0.15) is 0 Å². The predicted octanol–water partition coefficient (Wildman–Crippen LogP) is 3.81. The first-order valence-electron chi connectivity index (χ1n) is 9.21. The van der Waals surface area contributed by atoms with Crippen LogP contribution in [-0.2, 0) is 0 Å². The molecule has 0 bridgehead atoms. The second kappa shape index (κ2) is 6.79. The van der Waals surface area contributed by atoms with Crippen LogP contribution in [0.25, 0.3) is 0 Å². The van der Waals surface area contributed by atoms with Crippen LogP contribution < -0.4 is 5.32 Å². The summed E-state index contributed by atoms with van der Waals surface area (Å²) >= 11 is 0. The van der Waals surface area contributed by atoms with E-state index in [4.69, 9.17) is 0 Å². The monoisotopic (exact) mass is 278 g/mol. The SMILES string of the molecule is CC(C)CC1CCCC(NC2CCN(C3CC3)CC2)C1. The molecule has 2 saturated carbocycles. The first-order chi connectivity index (χ1) is 9.70. The maximum atomic E-state index is 4.01. The lowest BCUT2D eigenvalue weighted by molar-refractivity contribution is 0.166. The van der Waals surface area contributed by atoms with E-state index in [-0.39, 0.29) is 0 Å². The van der Waals surface area contributed by atoms with Crippen LogP contribution in [0.15, 0.2) is 0 Å². The third-order valence-corrected chi connectivity index (χ3v) is 5.65. The highest BCUT2D eigenvalue weighted by Gasteiger charge is 2.32. The first-order valence-corrected chi connectivity index (χ1v) is 9.21. The van der Waals surface area contributed by atoms with E-state index < -0.39 is 0 Å². The zero-order chi connectivity index (χ0) is 13.9. The van der Waals surface area contributed by atoms with E-state index in [9.17, 15) is 0 Å². The lowest BCUT2D eigenvalue weighted by atomic mass is 9.80. The Bertz CT molecular complexity index is 290. The zero-order valence-corrected chi connectivity index (χ0v) is 13.6. The predicted molar refractivity (Wildman–Crippen MR) is 86.0 cm³/mol. The average molecular weight is 278 g/mol. The summed E-state index contributed by atoms with van der Waals surface area (Å²) in [5.41, 5.74) is 0. The third-order valence-electron chi connectivity index (χ3n) is 5.65. The van der Waals surface area contributed by atoms with E-state index in [0.29, 0.717) is 0 Å². The van der Waals surface area contributed by atoms with E-state index in [1.807, 2.05) is 0 Å². The summed E-state index contributed by atoms with van der Waals surface area (Å²) in [7, 11) is 0. The Kier molecular flexibility index (Phi) is 5.04. The summed E-state index contributed by atoms with van der Waals surface area (Å²) in [6, 6.07) is 2.61. The van der Waals surface area contributed by atoms with Gasteiger partial charge >= 0.3 is 0 Å². The highest BCUT2D eigenvalue weighted by atomic mass is 15.2. The van der Waals surface area contributed by atoms with Crippen LogP contribution in [0.5, 0.6) is 0 Å². The van der Waals surface area contributed by atoms with Crippen LogP contribution in [0.3, 0.4) is 0 Å². The molecule has 1 N–H and O–H groups in total. The fourth-order valence-corrected chi connectivity index (χ4v) is 4.53. The molecule has 2 atom stereocenters. The fourth-order valence-electron chi connectivity index (χ4n) is 4.53. The van der Waals surface area contributed by atoms with Gasteiger partial charge in [0.15, 0.2) is 0 Å². The Labute approximate surface area is 125 Å². The molecule has 3 rings (SSSR count). The number of rotatable bonds is 5. The highest BCUT2D eigenvalue weighted by molar-refractivity contribution is 4.90. The number of hydrogen-bond donors (Lipinski definition) is 1. The normalized spacial score (nSPS) is 33.8. The minimum Gasteiger partial charge on any atom is -0.311 e. The molecule has 2 nitrogen and oxygen atoms in total. The molecule has 0 aromatic heterocycles. The first kappa shape index (κ1) is 14.8. The lowest BCUT2D eigenvalue weighted by Gasteiger charge is -2.37. The second-order valence-electron chi connectivity index (χ2n) is 8.07. The summed E-state index contributed by atoms with van der Waals surface area (Å²) in [4.78, 5) is 2.74. The molecule has 3 aliphatic rings. The van der Waals surface area contributed by atoms with Gasteiger partial charge in [-0.3, -0.25) is 0 Å². The standard InChI is InChI=1S/C18H34N2/c1-14(2)12-15-4-3-5-17(13-15)19-16-8-10-20(11-9-16)18-6-7-18/h14-19H,3-13H2,1-2H3. The molecule has 0 amide bonds. The summed E-state index contributed by atoms with van der Waals surface area (Å²) in [5.74, 6) is 1.87. The molecule has 0 spiro atoms. The van der Waals surface area contributed by atoms with E-state index >= 15 is 0 Å². The van der Waals surface area contributed by atoms with Gasteiger partial charge in [-0.1, -0.05) is 26.7 Å². The minimum absolute atomic E-state index is 0.813. The van der Waals surface area contributed by atoms with Crippen molar-refractivity contribution in [1.29, 1.82) is 0 Å². The molecule has 2 unspecified atom stereocenters. The number of likely N-dealkylation sites (tertiary alicyclic amines) is 1. The Morgan fingerprint density at radius 3 is 2.35 bits per heavy atom. The smallest absolute Gasteiger partial charge is 0.00964 e.